The van der Waals surface area contributed by atoms with Gasteiger partial charge in [0.25, 0.3) is 0 Å². The zero-order chi connectivity index (χ0) is 14.3. The van der Waals surface area contributed by atoms with Gasteiger partial charge in [-0.05, 0) is 31.7 Å². The zero-order valence-electron chi connectivity index (χ0n) is 11.0. The van der Waals surface area contributed by atoms with E-state index in [-0.39, 0.29) is 30.0 Å². The summed E-state index contributed by atoms with van der Waals surface area (Å²) >= 11 is 3.63. The van der Waals surface area contributed by atoms with Gasteiger partial charge in [-0.3, -0.25) is 4.79 Å². The fourth-order valence-corrected chi connectivity index (χ4v) is 4.32. The van der Waals surface area contributed by atoms with Crippen molar-refractivity contribution in [1.82, 2.24) is 4.90 Å². The van der Waals surface area contributed by atoms with Gasteiger partial charge in [-0.15, -0.1) is 0 Å². The molecule has 1 aromatic carbocycles. The van der Waals surface area contributed by atoms with Gasteiger partial charge >= 0.3 is 0 Å². The minimum atomic E-state index is -0.899. The molecule has 108 valence electrons. The first-order chi connectivity index (χ1) is 9.56. The van der Waals surface area contributed by atoms with Crippen LogP contribution in [0.3, 0.4) is 0 Å². The molecule has 5 heteroatoms. The third-order valence-electron chi connectivity index (χ3n) is 4.34. The van der Waals surface area contributed by atoms with Crippen LogP contribution < -0.4 is 0 Å². The van der Waals surface area contributed by atoms with E-state index in [4.69, 9.17) is 0 Å². The quantitative estimate of drug-likeness (QED) is 0.753. The number of rotatable bonds is 2. The van der Waals surface area contributed by atoms with Gasteiger partial charge < -0.3 is 4.90 Å². The number of alkyl halides is 1. The third-order valence-corrected chi connectivity index (χ3v) is 5.08. The zero-order valence-corrected chi connectivity index (χ0v) is 12.6. The minimum Gasteiger partial charge on any atom is -0.336 e. The van der Waals surface area contributed by atoms with Gasteiger partial charge in [0.2, 0.25) is 5.91 Å². The van der Waals surface area contributed by atoms with Gasteiger partial charge in [0.05, 0.1) is 6.42 Å². The van der Waals surface area contributed by atoms with E-state index in [1.54, 1.807) is 0 Å². The number of carbonyl (C=O) groups is 1. The van der Waals surface area contributed by atoms with Crippen LogP contribution in [0, 0.1) is 11.6 Å². The molecule has 2 fully saturated rings. The molecule has 2 bridgehead atoms. The number of benzene rings is 1. The first-order valence-corrected chi connectivity index (χ1v) is 7.86. The van der Waals surface area contributed by atoms with Crippen molar-refractivity contribution in [3.63, 3.8) is 0 Å². The van der Waals surface area contributed by atoms with Crippen molar-refractivity contribution < 1.29 is 13.6 Å². The van der Waals surface area contributed by atoms with E-state index in [0.29, 0.717) is 4.83 Å². The van der Waals surface area contributed by atoms with Gasteiger partial charge in [0.15, 0.2) is 11.6 Å². The average Bonchev–Trinajstić information content (AvgIpc) is 2.67. The van der Waals surface area contributed by atoms with E-state index in [9.17, 15) is 13.6 Å². The van der Waals surface area contributed by atoms with Crippen LogP contribution in [0.15, 0.2) is 18.2 Å². The normalized spacial score (nSPS) is 28.8. The monoisotopic (exact) mass is 343 g/mol. The van der Waals surface area contributed by atoms with Crippen molar-refractivity contribution in [2.45, 2.75) is 49.0 Å². The first-order valence-electron chi connectivity index (χ1n) is 6.94. The van der Waals surface area contributed by atoms with Crippen LogP contribution in [0.1, 0.15) is 31.2 Å². The maximum atomic E-state index is 13.6. The highest BCUT2D eigenvalue weighted by atomic mass is 79.9. The highest BCUT2D eigenvalue weighted by molar-refractivity contribution is 9.09. The molecule has 1 aromatic rings. The number of halogens is 3. The van der Waals surface area contributed by atoms with Crippen LogP contribution in [-0.4, -0.2) is 27.7 Å². The smallest absolute Gasteiger partial charge is 0.227 e. The summed E-state index contributed by atoms with van der Waals surface area (Å²) < 4.78 is 26.8. The van der Waals surface area contributed by atoms with E-state index < -0.39 is 11.6 Å². The van der Waals surface area contributed by atoms with Crippen LogP contribution >= 0.6 is 15.9 Å². The maximum absolute atomic E-state index is 13.6. The second-order valence-corrected chi connectivity index (χ2v) is 6.94. The lowest BCUT2D eigenvalue weighted by Gasteiger charge is -2.37. The Hall–Kier alpha value is -0.970. The van der Waals surface area contributed by atoms with Crippen LogP contribution in [-0.2, 0) is 11.2 Å². The van der Waals surface area contributed by atoms with Gasteiger partial charge in [0.1, 0.15) is 0 Å². The van der Waals surface area contributed by atoms with E-state index in [0.717, 1.165) is 31.7 Å². The number of carbonyl (C=O) groups excluding carboxylic acids is 1. The van der Waals surface area contributed by atoms with E-state index in [1.807, 2.05) is 4.90 Å². The molecule has 0 radical (unpaired) electrons. The van der Waals surface area contributed by atoms with Gasteiger partial charge in [0, 0.05) is 22.5 Å². The van der Waals surface area contributed by atoms with Crippen molar-refractivity contribution in [2.75, 3.05) is 0 Å². The molecule has 2 heterocycles. The number of amides is 1. The molecule has 2 nitrogen and oxygen atoms in total. The molecular formula is C15H16BrF2NO. The van der Waals surface area contributed by atoms with Crippen molar-refractivity contribution in [3.8, 4) is 0 Å². The summed E-state index contributed by atoms with van der Waals surface area (Å²) in [5, 5.41) is 0. The molecule has 0 spiro atoms. The summed E-state index contributed by atoms with van der Waals surface area (Å²) in [5.74, 6) is -1.87. The predicted molar refractivity (Wildman–Crippen MR) is 75.7 cm³/mol. The van der Waals surface area contributed by atoms with Crippen molar-refractivity contribution in [1.29, 1.82) is 0 Å². The summed E-state index contributed by atoms with van der Waals surface area (Å²) in [5.41, 5.74) is 0.148. The lowest BCUT2D eigenvalue weighted by molar-refractivity contribution is -0.134. The molecule has 2 aliphatic rings. The molecule has 0 saturated carbocycles. The Bertz CT molecular complexity index is 523. The summed E-state index contributed by atoms with van der Waals surface area (Å²) in [7, 11) is 0. The summed E-state index contributed by atoms with van der Waals surface area (Å²) in [6.07, 6.45) is 3.89. The summed E-state index contributed by atoms with van der Waals surface area (Å²) in [6, 6.07) is 4.50. The average molecular weight is 344 g/mol. The number of nitrogens with zero attached hydrogens (tertiary/aromatic N) is 1. The molecule has 0 N–H and O–H groups in total. The molecule has 2 saturated heterocycles. The Labute approximate surface area is 125 Å². The van der Waals surface area contributed by atoms with Crippen LogP contribution in [0.4, 0.5) is 8.78 Å². The standard InChI is InChI=1S/C15H16BrF2NO/c16-10-7-11-4-5-12(8-10)19(11)14(20)6-9-2-1-3-13(17)15(9)18/h1-3,10-12H,4-8H2. The Kier molecular flexibility index (Phi) is 3.80. The molecular weight excluding hydrogens is 328 g/mol. The Balaban J connectivity index is 1.76. The molecule has 0 aromatic heterocycles. The lowest BCUT2D eigenvalue weighted by atomic mass is 10.0. The largest absolute Gasteiger partial charge is 0.336 e. The van der Waals surface area contributed by atoms with Crippen LogP contribution in [0.5, 0.6) is 0 Å². The fourth-order valence-electron chi connectivity index (χ4n) is 3.46. The molecule has 0 aliphatic carbocycles. The highest BCUT2D eigenvalue weighted by Crippen LogP contribution is 2.38. The molecule has 2 aliphatic heterocycles. The van der Waals surface area contributed by atoms with Gasteiger partial charge in [-0.1, -0.05) is 28.1 Å². The van der Waals surface area contributed by atoms with E-state index in [2.05, 4.69) is 15.9 Å². The van der Waals surface area contributed by atoms with Crippen molar-refractivity contribution in [2.24, 2.45) is 0 Å². The predicted octanol–water partition coefficient (Wildman–Crippen LogP) is 3.42. The molecule has 2 atom stereocenters. The number of fused-ring (bicyclic) bond motifs is 2. The second kappa shape index (κ2) is 5.43. The fraction of sp³-hybridized carbons (Fsp3) is 0.533. The van der Waals surface area contributed by atoms with E-state index in [1.165, 1.54) is 12.1 Å². The Morgan fingerprint density at radius 3 is 2.55 bits per heavy atom. The molecule has 2 unspecified atom stereocenters. The number of hydrogen-bond acceptors (Lipinski definition) is 1. The van der Waals surface area contributed by atoms with Crippen LogP contribution in [0.25, 0.3) is 0 Å². The minimum absolute atomic E-state index is 0.0520. The van der Waals surface area contributed by atoms with Crippen molar-refractivity contribution >= 4 is 21.8 Å². The van der Waals surface area contributed by atoms with Gasteiger partial charge in [-0.25, -0.2) is 8.78 Å². The Morgan fingerprint density at radius 1 is 1.25 bits per heavy atom. The summed E-state index contributed by atoms with van der Waals surface area (Å²) in [4.78, 5) is 14.8. The van der Waals surface area contributed by atoms with Crippen LogP contribution in [0.2, 0.25) is 0 Å². The molecule has 3 rings (SSSR count). The first kappa shape index (κ1) is 14.0. The van der Waals surface area contributed by atoms with Gasteiger partial charge in [-0.2, -0.15) is 0 Å². The van der Waals surface area contributed by atoms with E-state index >= 15 is 0 Å². The summed E-state index contributed by atoms with van der Waals surface area (Å²) in [6.45, 7) is 0. The maximum Gasteiger partial charge on any atom is 0.227 e. The highest BCUT2D eigenvalue weighted by Gasteiger charge is 2.42. The number of piperidine rings is 1. The van der Waals surface area contributed by atoms with Crippen molar-refractivity contribution in [3.05, 3.63) is 35.4 Å². The molecule has 20 heavy (non-hydrogen) atoms. The molecule has 1 amide bonds. The third kappa shape index (κ3) is 2.48. The topological polar surface area (TPSA) is 20.3 Å². The SMILES string of the molecule is O=C(Cc1cccc(F)c1F)N1C2CCC1CC(Br)C2. The second-order valence-electron chi connectivity index (χ2n) is 5.64. The number of hydrogen-bond donors (Lipinski definition) is 0. The lowest BCUT2D eigenvalue weighted by Crippen LogP contribution is -2.47. The Morgan fingerprint density at radius 2 is 1.90 bits per heavy atom.